The van der Waals surface area contributed by atoms with Crippen LogP contribution in [0.3, 0.4) is 0 Å². The highest BCUT2D eigenvalue weighted by Gasteiger charge is 2.31. The standard InChI is InChI=1S/C15H26ClN5/c1-19-11-18-15(16)14(19)13(10-17)21-8-6-20(7-9-21)12-4-2-3-5-12/h11-13H,2-10,17H2,1H3. The minimum Gasteiger partial charge on any atom is -0.335 e. The van der Waals surface area contributed by atoms with E-state index in [1.54, 1.807) is 6.33 Å². The van der Waals surface area contributed by atoms with Crippen LogP contribution in [0.4, 0.5) is 0 Å². The third kappa shape index (κ3) is 3.11. The Hall–Kier alpha value is -0.620. The summed E-state index contributed by atoms with van der Waals surface area (Å²) in [5, 5.41) is 0.589. The van der Waals surface area contributed by atoms with Gasteiger partial charge < -0.3 is 10.3 Å². The number of aryl methyl sites for hydroxylation is 1. The predicted octanol–water partition coefficient (Wildman–Crippen LogP) is 1.63. The first kappa shape index (κ1) is 15.3. The first-order valence-electron chi connectivity index (χ1n) is 8.05. The van der Waals surface area contributed by atoms with Crippen molar-refractivity contribution < 1.29 is 0 Å². The van der Waals surface area contributed by atoms with Crippen molar-refractivity contribution in [1.82, 2.24) is 19.4 Å². The van der Waals surface area contributed by atoms with Gasteiger partial charge in [-0.15, -0.1) is 0 Å². The highest BCUT2D eigenvalue weighted by molar-refractivity contribution is 6.30. The highest BCUT2D eigenvalue weighted by atomic mass is 35.5. The number of hydrogen-bond acceptors (Lipinski definition) is 4. The number of aromatic nitrogens is 2. The quantitative estimate of drug-likeness (QED) is 0.918. The maximum atomic E-state index is 6.25. The molecule has 118 valence electrons. The molecule has 1 saturated carbocycles. The molecule has 1 unspecified atom stereocenters. The average Bonchev–Trinajstić information content (AvgIpc) is 3.14. The van der Waals surface area contributed by atoms with Gasteiger partial charge in [0.25, 0.3) is 0 Å². The van der Waals surface area contributed by atoms with Crippen LogP contribution in [0, 0.1) is 0 Å². The summed E-state index contributed by atoms with van der Waals surface area (Å²) >= 11 is 6.25. The summed E-state index contributed by atoms with van der Waals surface area (Å²) in [7, 11) is 1.99. The Bertz CT molecular complexity index is 441. The van der Waals surface area contributed by atoms with E-state index in [0.717, 1.165) is 37.9 Å². The molecule has 0 radical (unpaired) electrons. The lowest BCUT2D eigenvalue weighted by molar-refractivity contribution is 0.0702. The number of rotatable bonds is 4. The van der Waals surface area contributed by atoms with Gasteiger partial charge in [0.15, 0.2) is 5.15 Å². The molecule has 2 fully saturated rings. The summed E-state index contributed by atoms with van der Waals surface area (Å²) < 4.78 is 2.00. The zero-order valence-corrected chi connectivity index (χ0v) is 13.6. The normalized spacial score (nSPS) is 23.8. The van der Waals surface area contributed by atoms with Crippen molar-refractivity contribution in [1.29, 1.82) is 0 Å². The maximum Gasteiger partial charge on any atom is 0.151 e. The zero-order chi connectivity index (χ0) is 14.8. The van der Waals surface area contributed by atoms with E-state index >= 15 is 0 Å². The molecule has 3 rings (SSSR count). The number of piperazine rings is 1. The van der Waals surface area contributed by atoms with Crippen LogP contribution in [0.15, 0.2) is 6.33 Å². The summed E-state index contributed by atoms with van der Waals surface area (Å²) in [6, 6.07) is 1.000. The third-order valence-corrected chi connectivity index (χ3v) is 5.40. The van der Waals surface area contributed by atoms with Crippen LogP contribution in [-0.4, -0.2) is 58.1 Å². The molecule has 1 saturated heterocycles. The van der Waals surface area contributed by atoms with Crippen molar-refractivity contribution in [2.45, 2.75) is 37.8 Å². The second-order valence-electron chi connectivity index (χ2n) is 6.29. The zero-order valence-electron chi connectivity index (χ0n) is 12.8. The van der Waals surface area contributed by atoms with E-state index < -0.39 is 0 Å². The Labute approximate surface area is 132 Å². The molecule has 1 atom stereocenters. The summed E-state index contributed by atoms with van der Waals surface area (Å²) in [6.07, 6.45) is 7.35. The van der Waals surface area contributed by atoms with Gasteiger partial charge in [-0.2, -0.15) is 0 Å². The Balaban J connectivity index is 1.64. The SMILES string of the molecule is Cn1cnc(Cl)c1C(CN)N1CCN(C2CCCC2)CC1. The van der Waals surface area contributed by atoms with Gasteiger partial charge >= 0.3 is 0 Å². The van der Waals surface area contributed by atoms with E-state index in [0.29, 0.717) is 11.7 Å². The van der Waals surface area contributed by atoms with Crippen molar-refractivity contribution in [3.63, 3.8) is 0 Å². The van der Waals surface area contributed by atoms with Crippen molar-refractivity contribution in [2.75, 3.05) is 32.7 Å². The molecule has 6 heteroatoms. The number of imidazole rings is 1. The Kier molecular flexibility index (Phi) is 4.84. The second-order valence-corrected chi connectivity index (χ2v) is 6.65. The van der Waals surface area contributed by atoms with Crippen molar-refractivity contribution in [2.24, 2.45) is 12.8 Å². The summed E-state index contributed by atoms with van der Waals surface area (Å²) in [6.45, 7) is 5.02. The lowest BCUT2D eigenvalue weighted by atomic mass is 10.1. The molecule has 1 aromatic heterocycles. The maximum absolute atomic E-state index is 6.25. The van der Waals surface area contributed by atoms with Gasteiger partial charge in [0, 0.05) is 45.8 Å². The van der Waals surface area contributed by atoms with E-state index in [-0.39, 0.29) is 6.04 Å². The van der Waals surface area contributed by atoms with E-state index in [1.165, 1.54) is 25.7 Å². The fourth-order valence-corrected chi connectivity index (χ4v) is 4.20. The lowest BCUT2D eigenvalue weighted by Crippen LogP contribution is -2.51. The molecule has 2 N–H and O–H groups in total. The molecule has 1 aliphatic carbocycles. The fourth-order valence-electron chi connectivity index (χ4n) is 3.90. The monoisotopic (exact) mass is 311 g/mol. The van der Waals surface area contributed by atoms with Crippen LogP contribution >= 0.6 is 11.6 Å². The highest BCUT2D eigenvalue weighted by Crippen LogP contribution is 2.29. The molecule has 21 heavy (non-hydrogen) atoms. The van der Waals surface area contributed by atoms with Crippen LogP contribution in [-0.2, 0) is 7.05 Å². The Morgan fingerprint density at radius 2 is 1.95 bits per heavy atom. The fraction of sp³-hybridized carbons (Fsp3) is 0.800. The average molecular weight is 312 g/mol. The largest absolute Gasteiger partial charge is 0.335 e. The molecule has 2 heterocycles. The molecular formula is C15H26ClN5. The van der Waals surface area contributed by atoms with Gasteiger partial charge in [0.2, 0.25) is 0 Å². The van der Waals surface area contributed by atoms with E-state index in [2.05, 4.69) is 14.8 Å². The van der Waals surface area contributed by atoms with Crippen molar-refractivity contribution in [3.8, 4) is 0 Å². The smallest absolute Gasteiger partial charge is 0.151 e. The van der Waals surface area contributed by atoms with E-state index in [4.69, 9.17) is 17.3 Å². The van der Waals surface area contributed by atoms with Crippen LogP contribution in [0.25, 0.3) is 0 Å². The van der Waals surface area contributed by atoms with Crippen LogP contribution in [0.1, 0.15) is 37.4 Å². The van der Waals surface area contributed by atoms with Gasteiger partial charge in [0.05, 0.1) is 18.1 Å². The molecule has 0 amide bonds. The Morgan fingerprint density at radius 1 is 1.29 bits per heavy atom. The van der Waals surface area contributed by atoms with E-state index in [1.807, 2.05) is 11.6 Å². The van der Waals surface area contributed by atoms with Gasteiger partial charge in [-0.1, -0.05) is 24.4 Å². The minimum absolute atomic E-state index is 0.177. The minimum atomic E-state index is 0.177. The second kappa shape index (κ2) is 6.65. The van der Waals surface area contributed by atoms with Crippen molar-refractivity contribution >= 4 is 11.6 Å². The van der Waals surface area contributed by atoms with Gasteiger partial charge in [-0.25, -0.2) is 4.98 Å². The van der Waals surface area contributed by atoms with Crippen LogP contribution in [0.5, 0.6) is 0 Å². The number of halogens is 1. The van der Waals surface area contributed by atoms with Gasteiger partial charge in [0.1, 0.15) is 0 Å². The summed E-state index contributed by atoms with van der Waals surface area (Å²) in [5.74, 6) is 0. The lowest BCUT2D eigenvalue weighted by Gasteiger charge is -2.41. The van der Waals surface area contributed by atoms with Crippen molar-refractivity contribution in [3.05, 3.63) is 17.2 Å². The number of nitrogens with two attached hydrogens (primary N) is 1. The molecule has 5 nitrogen and oxygen atoms in total. The summed E-state index contributed by atoms with van der Waals surface area (Å²) in [5.41, 5.74) is 7.08. The summed E-state index contributed by atoms with van der Waals surface area (Å²) in [4.78, 5) is 9.33. The number of nitrogens with zero attached hydrogens (tertiary/aromatic N) is 4. The number of hydrogen-bond donors (Lipinski definition) is 1. The van der Waals surface area contributed by atoms with Crippen LogP contribution < -0.4 is 5.73 Å². The topological polar surface area (TPSA) is 50.3 Å². The molecule has 1 aromatic rings. The molecule has 2 aliphatic rings. The first-order chi connectivity index (χ1) is 10.2. The third-order valence-electron chi connectivity index (χ3n) is 5.11. The molecule has 1 aliphatic heterocycles. The van der Waals surface area contributed by atoms with Crippen LogP contribution in [0.2, 0.25) is 5.15 Å². The molecule has 0 spiro atoms. The molecule has 0 aromatic carbocycles. The molecule has 0 bridgehead atoms. The molecular weight excluding hydrogens is 286 g/mol. The van der Waals surface area contributed by atoms with E-state index in [9.17, 15) is 0 Å². The predicted molar refractivity (Wildman–Crippen MR) is 85.4 cm³/mol. The van der Waals surface area contributed by atoms with Gasteiger partial charge in [-0.3, -0.25) is 9.80 Å². The Morgan fingerprint density at radius 3 is 2.48 bits per heavy atom. The first-order valence-corrected chi connectivity index (χ1v) is 8.43. The van der Waals surface area contributed by atoms with Gasteiger partial charge in [-0.05, 0) is 12.8 Å².